The molecule has 0 saturated carbocycles. The van der Waals surface area contributed by atoms with Crippen LogP contribution in [0.2, 0.25) is 19.6 Å². The van der Waals surface area contributed by atoms with Gasteiger partial charge < -0.3 is 25.0 Å². The molecular formula is C26H35N3O4Si. The van der Waals surface area contributed by atoms with Crippen LogP contribution in [0.3, 0.4) is 0 Å². The molecule has 3 amide bonds. The Labute approximate surface area is 202 Å². The van der Waals surface area contributed by atoms with Crippen LogP contribution in [-0.4, -0.2) is 58.3 Å². The first-order valence-electron chi connectivity index (χ1n) is 11.9. The van der Waals surface area contributed by atoms with Crippen molar-refractivity contribution in [1.82, 2.24) is 10.2 Å². The minimum atomic E-state index is -1.43. The summed E-state index contributed by atoms with van der Waals surface area (Å²) >= 11 is 0. The number of rotatable bonds is 6. The Morgan fingerprint density at radius 1 is 1.06 bits per heavy atom. The SMILES string of the molecule is COc1ccc(C(NC(=O)N2CCCC3(COC3)C2)C(=O)Nc2ccc([Si](C)(C)C)cc2)cc1. The van der Waals surface area contributed by atoms with Crippen molar-refractivity contribution in [3.63, 3.8) is 0 Å². The topological polar surface area (TPSA) is 79.9 Å². The molecule has 34 heavy (non-hydrogen) atoms. The molecule has 0 aliphatic carbocycles. The summed E-state index contributed by atoms with van der Waals surface area (Å²) in [5.74, 6) is 0.414. The smallest absolute Gasteiger partial charge is 0.318 e. The Balaban J connectivity index is 1.51. The van der Waals surface area contributed by atoms with Crippen LogP contribution in [0.5, 0.6) is 5.75 Å². The van der Waals surface area contributed by atoms with E-state index in [1.54, 1.807) is 19.2 Å². The summed E-state index contributed by atoms with van der Waals surface area (Å²) in [6.07, 6.45) is 2.02. The lowest BCUT2D eigenvalue weighted by Gasteiger charge is -2.48. The van der Waals surface area contributed by atoms with Gasteiger partial charge in [-0.05, 0) is 42.7 Å². The fraction of sp³-hybridized carbons (Fsp3) is 0.462. The predicted molar refractivity (Wildman–Crippen MR) is 136 cm³/mol. The van der Waals surface area contributed by atoms with E-state index in [4.69, 9.17) is 9.47 Å². The van der Waals surface area contributed by atoms with Crippen molar-refractivity contribution in [2.75, 3.05) is 38.7 Å². The minimum Gasteiger partial charge on any atom is -0.497 e. The molecule has 7 nitrogen and oxygen atoms in total. The van der Waals surface area contributed by atoms with Gasteiger partial charge in [0.05, 0.1) is 28.4 Å². The minimum absolute atomic E-state index is 0.0750. The molecular weight excluding hydrogens is 446 g/mol. The number of amides is 3. The normalized spacial score (nSPS) is 18.1. The molecule has 2 N–H and O–H groups in total. The molecule has 2 fully saturated rings. The molecule has 0 aromatic heterocycles. The van der Waals surface area contributed by atoms with Gasteiger partial charge in [-0.3, -0.25) is 4.79 Å². The third-order valence-electron chi connectivity index (χ3n) is 6.76. The largest absolute Gasteiger partial charge is 0.497 e. The predicted octanol–water partition coefficient (Wildman–Crippen LogP) is 3.74. The summed E-state index contributed by atoms with van der Waals surface area (Å²) in [5, 5.41) is 7.29. The Morgan fingerprint density at radius 3 is 2.29 bits per heavy atom. The fourth-order valence-electron chi connectivity index (χ4n) is 4.59. The monoisotopic (exact) mass is 481 g/mol. The van der Waals surface area contributed by atoms with Gasteiger partial charge in [-0.1, -0.05) is 49.1 Å². The number of hydrogen-bond donors (Lipinski definition) is 2. The molecule has 0 bridgehead atoms. The van der Waals surface area contributed by atoms with Crippen LogP contribution in [-0.2, 0) is 9.53 Å². The van der Waals surface area contributed by atoms with Crippen LogP contribution in [0, 0.1) is 5.41 Å². The number of ether oxygens (including phenoxy) is 2. The third-order valence-corrected chi connectivity index (χ3v) is 8.83. The molecule has 1 unspecified atom stereocenters. The first kappa shape index (κ1) is 24.3. The molecule has 8 heteroatoms. The van der Waals surface area contributed by atoms with Crippen molar-refractivity contribution in [2.24, 2.45) is 5.41 Å². The maximum atomic E-state index is 13.4. The number of nitrogens with zero attached hydrogens (tertiary/aromatic N) is 1. The lowest BCUT2D eigenvalue weighted by molar-refractivity contribution is -0.137. The average Bonchev–Trinajstić information content (AvgIpc) is 2.81. The highest BCUT2D eigenvalue weighted by molar-refractivity contribution is 6.88. The molecule has 2 aliphatic rings. The van der Waals surface area contributed by atoms with E-state index in [9.17, 15) is 9.59 Å². The van der Waals surface area contributed by atoms with E-state index >= 15 is 0 Å². The summed E-state index contributed by atoms with van der Waals surface area (Å²) in [5.41, 5.74) is 1.48. The summed E-state index contributed by atoms with van der Waals surface area (Å²) < 4.78 is 10.7. The summed E-state index contributed by atoms with van der Waals surface area (Å²) in [7, 11) is 0.171. The van der Waals surface area contributed by atoms with E-state index in [-0.39, 0.29) is 17.4 Å². The molecule has 182 valence electrons. The molecule has 2 heterocycles. The Bertz CT molecular complexity index is 1010. The van der Waals surface area contributed by atoms with Gasteiger partial charge in [0, 0.05) is 24.2 Å². The van der Waals surface area contributed by atoms with Crippen LogP contribution in [0.25, 0.3) is 0 Å². The molecule has 4 rings (SSSR count). The Kier molecular flexibility index (Phi) is 7.00. The highest BCUT2D eigenvalue weighted by atomic mass is 28.3. The lowest BCUT2D eigenvalue weighted by atomic mass is 9.78. The number of benzene rings is 2. The van der Waals surface area contributed by atoms with E-state index in [2.05, 4.69) is 42.4 Å². The van der Waals surface area contributed by atoms with Gasteiger partial charge in [0.15, 0.2) is 0 Å². The third kappa shape index (κ3) is 5.44. The van der Waals surface area contributed by atoms with Crippen molar-refractivity contribution in [3.8, 4) is 5.75 Å². The second-order valence-corrected chi connectivity index (χ2v) is 15.6. The van der Waals surface area contributed by atoms with Crippen molar-refractivity contribution < 1.29 is 19.1 Å². The second kappa shape index (κ2) is 9.80. The Hall–Kier alpha value is -2.84. The van der Waals surface area contributed by atoms with E-state index in [0.29, 0.717) is 43.3 Å². The van der Waals surface area contributed by atoms with E-state index < -0.39 is 14.1 Å². The van der Waals surface area contributed by atoms with Gasteiger partial charge >= 0.3 is 6.03 Å². The van der Waals surface area contributed by atoms with Gasteiger partial charge in [0.1, 0.15) is 11.8 Å². The van der Waals surface area contributed by atoms with Crippen LogP contribution >= 0.6 is 0 Å². The van der Waals surface area contributed by atoms with E-state index in [0.717, 1.165) is 12.8 Å². The van der Waals surface area contributed by atoms with E-state index in [1.807, 2.05) is 29.2 Å². The number of carbonyl (C=O) groups excluding carboxylic acids is 2. The van der Waals surface area contributed by atoms with Gasteiger partial charge in [0.25, 0.3) is 5.91 Å². The molecule has 2 aliphatic heterocycles. The number of hydrogen-bond acceptors (Lipinski definition) is 4. The molecule has 2 saturated heterocycles. The standard InChI is InChI=1S/C26H35N3O4Si/c1-32-21-10-6-19(7-11-21)23(24(30)27-20-8-12-22(13-9-20)34(2,3)4)28-25(31)29-15-5-14-26(16-29)17-33-18-26/h6-13,23H,5,14-18H2,1-4H3,(H,27,30)(H,28,31). The molecule has 1 atom stereocenters. The zero-order valence-corrected chi connectivity index (χ0v) is 21.5. The first-order valence-corrected chi connectivity index (χ1v) is 15.4. The Morgan fingerprint density at radius 2 is 1.74 bits per heavy atom. The molecule has 2 aromatic carbocycles. The highest BCUT2D eigenvalue weighted by Crippen LogP contribution is 2.37. The van der Waals surface area contributed by atoms with Crippen molar-refractivity contribution in [1.29, 1.82) is 0 Å². The molecule has 1 spiro atoms. The van der Waals surface area contributed by atoms with E-state index in [1.165, 1.54) is 5.19 Å². The van der Waals surface area contributed by atoms with Crippen molar-refractivity contribution in [2.45, 2.75) is 38.5 Å². The van der Waals surface area contributed by atoms with Crippen LogP contribution < -0.4 is 20.6 Å². The lowest BCUT2D eigenvalue weighted by Crippen LogP contribution is -2.57. The molecule has 0 radical (unpaired) electrons. The number of carbonyl (C=O) groups is 2. The van der Waals surface area contributed by atoms with Crippen molar-refractivity contribution >= 4 is 30.9 Å². The number of urea groups is 1. The number of likely N-dealkylation sites (tertiary alicyclic amines) is 1. The zero-order valence-electron chi connectivity index (χ0n) is 20.5. The van der Waals surface area contributed by atoms with Crippen LogP contribution in [0.1, 0.15) is 24.4 Å². The van der Waals surface area contributed by atoms with Gasteiger partial charge in [0.2, 0.25) is 0 Å². The van der Waals surface area contributed by atoms with Gasteiger partial charge in [-0.2, -0.15) is 0 Å². The van der Waals surface area contributed by atoms with Gasteiger partial charge in [-0.15, -0.1) is 0 Å². The van der Waals surface area contributed by atoms with Gasteiger partial charge in [-0.25, -0.2) is 4.79 Å². The number of piperidine rings is 1. The van der Waals surface area contributed by atoms with Crippen molar-refractivity contribution in [3.05, 3.63) is 54.1 Å². The first-order chi connectivity index (χ1) is 16.2. The zero-order chi connectivity index (χ0) is 24.3. The molecule has 2 aromatic rings. The quantitative estimate of drug-likeness (QED) is 0.616. The number of anilines is 1. The number of methoxy groups -OCH3 is 1. The summed E-state index contributed by atoms with van der Waals surface area (Å²) in [4.78, 5) is 28.4. The number of nitrogens with one attached hydrogen (secondary N) is 2. The maximum absolute atomic E-state index is 13.4. The summed E-state index contributed by atoms with van der Waals surface area (Å²) in [6, 6.07) is 14.2. The fourth-order valence-corrected chi connectivity index (χ4v) is 5.75. The maximum Gasteiger partial charge on any atom is 0.318 e. The highest BCUT2D eigenvalue weighted by Gasteiger charge is 2.43. The van der Waals surface area contributed by atoms with Crippen LogP contribution in [0.15, 0.2) is 48.5 Å². The second-order valence-electron chi connectivity index (χ2n) is 10.5. The summed E-state index contributed by atoms with van der Waals surface area (Å²) in [6.45, 7) is 9.61. The average molecular weight is 482 g/mol. The van der Waals surface area contributed by atoms with Crippen LogP contribution in [0.4, 0.5) is 10.5 Å².